The Morgan fingerprint density at radius 1 is 1.40 bits per heavy atom. The first-order chi connectivity index (χ1) is 7.01. The molecule has 3 N–H and O–H groups in total. The van der Waals surface area contributed by atoms with E-state index in [0.717, 1.165) is 12.8 Å². The Morgan fingerprint density at radius 3 is 2.27 bits per heavy atom. The molecule has 0 spiro atoms. The van der Waals surface area contributed by atoms with Gasteiger partial charge in [-0.15, -0.1) is 0 Å². The molecule has 0 aliphatic heterocycles. The zero-order chi connectivity index (χ0) is 11.9. The van der Waals surface area contributed by atoms with Crippen LogP contribution in [0.1, 0.15) is 33.6 Å². The van der Waals surface area contributed by atoms with Crippen molar-refractivity contribution >= 4 is 5.97 Å². The van der Waals surface area contributed by atoms with Crippen molar-refractivity contribution in [1.29, 1.82) is 0 Å². The fraction of sp³-hybridized carbons (Fsp3) is 0.909. The van der Waals surface area contributed by atoms with Crippen LogP contribution in [0.25, 0.3) is 0 Å². The van der Waals surface area contributed by atoms with Gasteiger partial charge in [-0.1, -0.05) is 20.8 Å². The molecule has 4 heteroatoms. The topological polar surface area (TPSA) is 69.6 Å². The number of rotatable bonds is 8. The molecule has 90 valence electrons. The second-order valence-corrected chi connectivity index (χ2v) is 4.24. The van der Waals surface area contributed by atoms with Crippen LogP contribution in [0.2, 0.25) is 0 Å². The summed E-state index contributed by atoms with van der Waals surface area (Å²) in [5.41, 5.74) is -0.0990. The maximum Gasteiger partial charge on any atom is 0.307 e. The Hall–Kier alpha value is -0.610. The summed E-state index contributed by atoms with van der Waals surface area (Å²) in [6.07, 6.45) is 1.79. The van der Waals surface area contributed by atoms with E-state index in [4.69, 9.17) is 5.11 Å². The minimum Gasteiger partial charge on any atom is -0.481 e. The molecule has 0 bridgehead atoms. The third-order valence-electron chi connectivity index (χ3n) is 3.21. The van der Waals surface area contributed by atoms with Crippen LogP contribution in [0.5, 0.6) is 0 Å². The van der Waals surface area contributed by atoms with Crippen LogP contribution in [0.4, 0.5) is 0 Å². The zero-order valence-corrected chi connectivity index (χ0v) is 9.92. The van der Waals surface area contributed by atoms with E-state index in [2.05, 4.69) is 5.32 Å². The lowest BCUT2D eigenvalue weighted by atomic mass is 9.83. The molecule has 4 nitrogen and oxygen atoms in total. The molecule has 0 aromatic heterocycles. The maximum atomic E-state index is 10.6. The van der Waals surface area contributed by atoms with Crippen molar-refractivity contribution in [2.75, 3.05) is 19.7 Å². The number of hydrogen-bond acceptors (Lipinski definition) is 3. The van der Waals surface area contributed by atoms with Crippen LogP contribution in [0.3, 0.4) is 0 Å². The van der Waals surface area contributed by atoms with Gasteiger partial charge in [0.15, 0.2) is 0 Å². The molecule has 0 saturated carbocycles. The molecule has 1 unspecified atom stereocenters. The highest BCUT2D eigenvalue weighted by Crippen LogP contribution is 2.24. The van der Waals surface area contributed by atoms with E-state index in [9.17, 15) is 9.90 Å². The van der Waals surface area contributed by atoms with Crippen LogP contribution in [-0.4, -0.2) is 35.9 Å². The first-order valence-electron chi connectivity index (χ1n) is 5.55. The minimum absolute atomic E-state index is 0.0990. The Morgan fingerprint density at radius 2 is 1.93 bits per heavy atom. The number of aliphatic hydroxyl groups excluding tert-OH is 1. The minimum atomic E-state index is -0.787. The molecular formula is C11H23NO3. The lowest BCUT2D eigenvalue weighted by Crippen LogP contribution is -2.39. The summed E-state index contributed by atoms with van der Waals surface area (Å²) in [5, 5.41) is 21.1. The Bertz CT molecular complexity index is 182. The second-order valence-electron chi connectivity index (χ2n) is 4.24. The van der Waals surface area contributed by atoms with Crippen LogP contribution in [-0.2, 0) is 4.79 Å². The molecule has 0 aliphatic rings. The van der Waals surface area contributed by atoms with Gasteiger partial charge in [0.1, 0.15) is 0 Å². The van der Waals surface area contributed by atoms with Crippen molar-refractivity contribution in [2.45, 2.75) is 33.6 Å². The van der Waals surface area contributed by atoms with Gasteiger partial charge < -0.3 is 15.5 Å². The monoisotopic (exact) mass is 217 g/mol. The van der Waals surface area contributed by atoms with Crippen molar-refractivity contribution < 1.29 is 15.0 Å². The van der Waals surface area contributed by atoms with Crippen molar-refractivity contribution in [3.05, 3.63) is 0 Å². The van der Waals surface area contributed by atoms with Crippen LogP contribution in [0.15, 0.2) is 0 Å². The number of aliphatic carboxylic acids is 1. The average molecular weight is 217 g/mol. The molecule has 0 fully saturated rings. The van der Waals surface area contributed by atoms with Crippen molar-refractivity contribution in [1.82, 2.24) is 5.32 Å². The summed E-state index contributed by atoms with van der Waals surface area (Å²) >= 11 is 0. The SMILES string of the molecule is CCC(CC)(CO)CNCC(C)C(=O)O. The highest BCUT2D eigenvalue weighted by molar-refractivity contribution is 5.69. The number of carboxylic acid groups (broad SMARTS) is 1. The average Bonchev–Trinajstić information content (AvgIpc) is 2.24. The van der Waals surface area contributed by atoms with Gasteiger partial charge in [-0.05, 0) is 12.8 Å². The standard InChI is InChI=1S/C11H23NO3/c1-4-11(5-2,8-13)7-12-6-9(3)10(14)15/h9,12-13H,4-8H2,1-3H3,(H,14,15). The molecular weight excluding hydrogens is 194 g/mol. The Labute approximate surface area is 91.7 Å². The first kappa shape index (κ1) is 14.4. The van der Waals surface area contributed by atoms with Crippen molar-refractivity contribution in [3.8, 4) is 0 Å². The van der Waals surface area contributed by atoms with Crippen LogP contribution < -0.4 is 5.32 Å². The molecule has 15 heavy (non-hydrogen) atoms. The summed E-state index contributed by atoms with van der Waals surface area (Å²) in [6, 6.07) is 0. The quantitative estimate of drug-likeness (QED) is 0.569. The molecule has 0 amide bonds. The van der Waals surface area contributed by atoms with E-state index in [1.54, 1.807) is 6.92 Å². The molecule has 0 saturated heterocycles. The molecule has 0 aliphatic carbocycles. The first-order valence-corrected chi connectivity index (χ1v) is 5.55. The fourth-order valence-corrected chi connectivity index (χ4v) is 1.42. The second kappa shape index (κ2) is 6.80. The van der Waals surface area contributed by atoms with Crippen LogP contribution in [0, 0.1) is 11.3 Å². The van der Waals surface area contributed by atoms with Crippen LogP contribution >= 0.6 is 0 Å². The fourth-order valence-electron chi connectivity index (χ4n) is 1.42. The van der Waals surface area contributed by atoms with Gasteiger partial charge >= 0.3 is 5.97 Å². The van der Waals surface area contributed by atoms with Gasteiger partial charge in [-0.2, -0.15) is 0 Å². The number of carbonyl (C=O) groups is 1. The van der Waals surface area contributed by atoms with E-state index in [0.29, 0.717) is 13.1 Å². The predicted molar refractivity (Wildman–Crippen MR) is 59.8 cm³/mol. The lowest BCUT2D eigenvalue weighted by molar-refractivity contribution is -0.140. The third kappa shape index (κ3) is 4.62. The lowest BCUT2D eigenvalue weighted by Gasteiger charge is -2.30. The number of carboxylic acids is 1. The molecule has 0 heterocycles. The largest absolute Gasteiger partial charge is 0.481 e. The summed E-state index contributed by atoms with van der Waals surface area (Å²) < 4.78 is 0. The molecule has 0 aromatic carbocycles. The smallest absolute Gasteiger partial charge is 0.307 e. The van der Waals surface area contributed by atoms with Crippen molar-refractivity contribution in [3.63, 3.8) is 0 Å². The summed E-state index contributed by atoms with van der Waals surface area (Å²) in [5.74, 6) is -1.17. The molecule has 0 aromatic rings. The maximum absolute atomic E-state index is 10.6. The summed E-state index contributed by atoms with van der Waals surface area (Å²) in [7, 11) is 0. The summed E-state index contributed by atoms with van der Waals surface area (Å²) in [6.45, 7) is 7.04. The molecule has 1 atom stereocenters. The van der Waals surface area contributed by atoms with E-state index < -0.39 is 5.97 Å². The molecule has 0 radical (unpaired) electrons. The van der Waals surface area contributed by atoms with Gasteiger partial charge in [-0.25, -0.2) is 0 Å². The normalized spacial score (nSPS) is 13.9. The van der Waals surface area contributed by atoms with Gasteiger partial charge in [0.25, 0.3) is 0 Å². The van der Waals surface area contributed by atoms with Gasteiger partial charge in [0.2, 0.25) is 0 Å². The Balaban J connectivity index is 3.96. The third-order valence-corrected chi connectivity index (χ3v) is 3.21. The van der Waals surface area contributed by atoms with E-state index in [-0.39, 0.29) is 17.9 Å². The predicted octanol–water partition coefficient (Wildman–Crippen LogP) is 1.10. The molecule has 0 rings (SSSR count). The van der Waals surface area contributed by atoms with Gasteiger partial charge in [0.05, 0.1) is 5.92 Å². The highest BCUT2D eigenvalue weighted by atomic mass is 16.4. The van der Waals surface area contributed by atoms with E-state index >= 15 is 0 Å². The highest BCUT2D eigenvalue weighted by Gasteiger charge is 2.25. The van der Waals surface area contributed by atoms with Crippen molar-refractivity contribution in [2.24, 2.45) is 11.3 Å². The number of hydrogen-bond donors (Lipinski definition) is 3. The number of nitrogens with one attached hydrogen (secondary N) is 1. The van der Waals surface area contributed by atoms with Gasteiger partial charge in [0, 0.05) is 25.1 Å². The van der Waals surface area contributed by atoms with E-state index in [1.807, 2.05) is 13.8 Å². The summed E-state index contributed by atoms with van der Waals surface area (Å²) in [4.78, 5) is 10.6. The Kier molecular flexibility index (Phi) is 6.52. The zero-order valence-electron chi connectivity index (χ0n) is 9.92. The van der Waals surface area contributed by atoms with E-state index in [1.165, 1.54) is 0 Å². The van der Waals surface area contributed by atoms with Gasteiger partial charge in [-0.3, -0.25) is 4.79 Å². The number of aliphatic hydroxyl groups is 1.